The van der Waals surface area contributed by atoms with E-state index in [2.05, 4.69) is 10.1 Å². The fourth-order valence-corrected chi connectivity index (χ4v) is 3.90. The molecule has 0 saturated carbocycles. The second-order valence-electron chi connectivity index (χ2n) is 9.11. The number of benzene rings is 1. The predicted octanol–water partition coefficient (Wildman–Crippen LogP) is 4.05. The summed E-state index contributed by atoms with van der Waals surface area (Å²) < 4.78 is 22.5. The lowest BCUT2D eigenvalue weighted by Gasteiger charge is -2.26. The molecule has 1 aromatic carbocycles. The molecule has 0 radical (unpaired) electrons. The van der Waals surface area contributed by atoms with Crippen molar-refractivity contribution in [2.75, 3.05) is 13.7 Å². The minimum Gasteiger partial charge on any atom is -0.496 e. The number of methoxy groups -OCH3 is 1. The first-order chi connectivity index (χ1) is 16.1. The van der Waals surface area contributed by atoms with E-state index < -0.39 is 29.8 Å². The van der Waals surface area contributed by atoms with E-state index in [0.717, 1.165) is 5.56 Å². The van der Waals surface area contributed by atoms with E-state index in [-0.39, 0.29) is 13.0 Å². The second-order valence-corrected chi connectivity index (χ2v) is 9.11. The molecule has 10 nitrogen and oxygen atoms in total. The van der Waals surface area contributed by atoms with Gasteiger partial charge < -0.3 is 23.8 Å². The van der Waals surface area contributed by atoms with Gasteiger partial charge in [0.15, 0.2) is 5.75 Å². The van der Waals surface area contributed by atoms with Gasteiger partial charge in [0.05, 0.1) is 19.3 Å². The zero-order valence-corrected chi connectivity index (χ0v) is 19.7. The number of aliphatic carboxylic acids is 1. The molecule has 2 atom stereocenters. The zero-order valence-electron chi connectivity index (χ0n) is 19.7. The van der Waals surface area contributed by atoms with Gasteiger partial charge in [0.25, 0.3) is 0 Å². The van der Waals surface area contributed by atoms with Crippen LogP contribution in [0.3, 0.4) is 0 Å². The molecule has 10 heteroatoms. The Morgan fingerprint density at radius 2 is 1.94 bits per heavy atom. The number of hydrogen-bond acceptors (Lipinski definition) is 8. The Morgan fingerprint density at radius 1 is 1.21 bits per heavy atom. The van der Waals surface area contributed by atoms with Gasteiger partial charge in [-0.2, -0.15) is 0 Å². The van der Waals surface area contributed by atoms with E-state index in [0.29, 0.717) is 34.0 Å². The van der Waals surface area contributed by atoms with Gasteiger partial charge in [-0.25, -0.2) is 14.6 Å². The molecule has 0 unspecified atom stereocenters. The average Bonchev–Trinajstić information content (AvgIpc) is 3.37. The van der Waals surface area contributed by atoms with Crippen LogP contribution >= 0.6 is 0 Å². The van der Waals surface area contributed by atoms with Crippen molar-refractivity contribution in [2.45, 2.75) is 51.9 Å². The first-order valence-electron chi connectivity index (χ1n) is 10.9. The summed E-state index contributed by atoms with van der Waals surface area (Å²) in [6.45, 7) is 7.00. The predicted molar refractivity (Wildman–Crippen MR) is 122 cm³/mol. The van der Waals surface area contributed by atoms with E-state index in [9.17, 15) is 14.7 Å². The van der Waals surface area contributed by atoms with Gasteiger partial charge >= 0.3 is 12.1 Å². The summed E-state index contributed by atoms with van der Waals surface area (Å²) in [6.07, 6.45) is -1.21. The molecule has 1 aliphatic heterocycles. The van der Waals surface area contributed by atoms with Crippen molar-refractivity contribution in [1.29, 1.82) is 0 Å². The number of carboxylic acid groups (broad SMARTS) is 1. The molecule has 3 aromatic rings. The molecule has 34 heavy (non-hydrogen) atoms. The number of para-hydroxylation sites is 1. The lowest BCUT2D eigenvalue weighted by atomic mass is 10.1. The third kappa shape index (κ3) is 4.61. The van der Waals surface area contributed by atoms with Gasteiger partial charge in [-0.05, 0) is 39.8 Å². The van der Waals surface area contributed by atoms with Crippen LogP contribution < -0.4 is 9.47 Å². The lowest BCUT2D eigenvalue weighted by molar-refractivity contribution is -0.142. The molecule has 1 fully saturated rings. The Bertz CT molecular complexity index is 1230. The molecule has 0 spiro atoms. The van der Waals surface area contributed by atoms with E-state index in [4.69, 9.17) is 18.7 Å². The maximum atomic E-state index is 12.6. The molecule has 1 N–H and O–H groups in total. The van der Waals surface area contributed by atoms with Crippen LogP contribution in [0.5, 0.6) is 11.5 Å². The number of likely N-dealkylation sites (tertiary alicyclic amines) is 1. The van der Waals surface area contributed by atoms with Crippen molar-refractivity contribution in [2.24, 2.45) is 0 Å². The molecule has 1 amide bonds. The molecule has 1 saturated heterocycles. The summed E-state index contributed by atoms with van der Waals surface area (Å²) in [5.41, 5.74) is 2.04. The first-order valence-corrected chi connectivity index (χ1v) is 10.9. The van der Waals surface area contributed by atoms with Gasteiger partial charge in [0.2, 0.25) is 5.58 Å². The largest absolute Gasteiger partial charge is 0.496 e. The van der Waals surface area contributed by atoms with Crippen molar-refractivity contribution in [3.63, 3.8) is 0 Å². The number of amides is 1. The molecule has 180 valence electrons. The quantitative estimate of drug-likeness (QED) is 0.589. The molecular formula is C24H27N3O7. The zero-order chi connectivity index (χ0) is 24.6. The lowest BCUT2D eigenvalue weighted by Crippen LogP contribution is -2.43. The van der Waals surface area contributed by atoms with Gasteiger partial charge in [0.1, 0.15) is 34.7 Å². The second kappa shape index (κ2) is 8.85. The average molecular weight is 469 g/mol. The molecular weight excluding hydrogens is 442 g/mol. The van der Waals surface area contributed by atoms with Crippen LogP contribution in [-0.4, -0.2) is 63.6 Å². The number of pyridine rings is 1. The Labute approximate surface area is 196 Å². The summed E-state index contributed by atoms with van der Waals surface area (Å²) in [7, 11) is 1.58. The topological polar surface area (TPSA) is 124 Å². The summed E-state index contributed by atoms with van der Waals surface area (Å²) in [5, 5.41) is 13.7. The Kier molecular flexibility index (Phi) is 6.07. The van der Waals surface area contributed by atoms with E-state index >= 15 is 0 Å². The molecule has 1 aliphatic rings. The van der Waals surface area contributed by atoms with Crippen molar-refractivity contribution in [3.05, 3.63) is 36.0 Å². The maximum Gasteiger partial charge on any atom is 0.411 e. The number of ether oxygens (including phenoxy) is 3. The van der Waals surface area contributed by atoms with E-state index in [1.165, 1.54) is 4.90 Å². The molecule has 0 bridgehead atoms. The smallest absolute Gasteiger partial charge is 0.411 e. The molecule has 4 rings (SSSR count). The van der Waals surface area contributed by atoms with E-state index in [1.807, 2.05) is 24.3 Å². The van der Waals surface area contributed by atoms with Crippen molar-refractivity contribution in [1.82, 2.24) is 15.0 Å². The summed E-state index contributed by atoms with van der Waals surface area (Å²) >= 11 is 0. The number of aromatic nitrogens is 2. The highest BCUT2D eigenvalue weighted by Gasteiger charge is 2.43. The Morgan fingerprint density at radius 3 is 2.62 bits per heavy atom. The maximum absolute atomic E-state index is 12.6. The van der Waals surface area contributed by atoms with Crippen LogP contribution in [0.2, 0.25) is 0 Å². The summed E-state index contributed by atoms with van der Waals surface area (Å²) in [4.78, 5) is 30.3. The fourth-order valence-electron chi connectivity index (χ4n) is 3.90. The number of hydrogen-bond donors (Lipinski definition) is 1. The van der Waals surface area contributed by atoms with Gasteiger partial charge in [-0.15, -0.1) is 0 Å². The Hall–Kier alpha value is -3.82. The van der Waals surface area contributed by atoms with Crippen LogP contribution in [0, 0.1) is 6.92 Å². The van der Waals surface area contributed by atoms with Crippen molar-refractivity contribution < 1.29 is 33.4 Å². The minimum atomic E-state index is -1.12. The first kappa shape index (κ1) is 23.3. The van der Waals surface area contributed by atoms with Crippen molar-refractivity contribution in [3.8, 4) is 22.8 Å². The number of aryl methyl sites for hydroxylation is 1. The molecule has 0 aliphatic carbocycles. The van der Waals surface area contributed by atoms with Gasteiger partial charge in [-0.1, -0.05) is 17.3 Å². The Balaban J connectivity index is 1.68. The monoisotopic (exact) mass is 469 g/mol. The van der Waals surface area contributed by atoms with Crippen LogP contribution in [-0.2, 0) is 9.53 Å². The summed E-state index contributed by atoms with van der Waals surface area (Å²) in [6, 6.07) is 8.07. The molecule has 3 heterocycles. The normalized spacial score (nSPS) is 18.2. The number of carbonyl (C=O) groups is 2. The number of carboxylic acids is 1. The number of fused-ring (bicyclic) bond motifs is 1. The SMILES string of the molecule is COc1ccccc1-c1cc(O[C@@H]2C[C@@H](C(=O)O)N(C(=O)OC(C)(C)C)C2)c2onc(C)c2n1. The van der Waals surface area contributed by atoms with Gasteiger partial charge in [-0.3, -0.25) is 4.90 Å². The standard InChI is InChI=1S/C24H27N3O7/c1-13-20-21(34-26-13)19(11-16(25-20)15-8-6-7-9-18(15)31-5)32-14-10-17(22(28)29)27(12-14)23(30)33-24(2,3)4/h6-9,11,14,17H,10,12H2,1-5H3,(H,28,29)/t14-,17+/m1/s1. The highest BCUT2D eigenvalue weighted by Crippen LogP contribution is 2.36. The van der Waals surface area contributed by atoms with Crippen LogP contribution in [0.4, 0.5) is 4.79 Å². The highest BCUT2D eigenvalue weighted by molar-refractivity contribution is 5.85. The third-order valence-corrected chi connectivity index (χ3v) is 5.41. The minimum absolute atomic E-state index is 0.0484. The molecule has 2 aromatic heterocycles. The fraction of sp³-hybridized carbons (Fsp3) is 0.417. The van der Waals surface area contributed by atoms with Crippen LogP contribution in [0.15, 0.2) is 34.9 Å². The van der Waals surface area contributed by atoms with Gasteiger partial charge in [0, 0.05) is 18.1 Å². The number of nitrogens with zero attached hydrogens (tertiary/aromatic N) is 3. The highest BCUT2D eigenvalue weighted by atomic mass is 16.6. The van der Waals surface area contributed by atoms with Crippen LogP contribution in [0.25, 0.3) is 22.4 Å². The van der Waals surface area contributed by atoms with Crippen molar-refractivity contribution >= 4 is 23.2 Å². The summed E-state index contributed by atoms with van der Waals surface area (Å²) in [5.74, 6) is -0.133. The number of carbonyl (C=O) groups excluding carboxylic acids is 1. The number of rotatable bonds is 5. The van der Waals surface area contributed by atoms with Crippen LogP contribution in [0.1, 0.15) is 32.9 Å². The third-order valence-electron chi connectivity index (χ3n) is 5.41. The van der Waals surface area contributed by atoms with E-state index in [1.54, 1.807) is 40.9 Å².